The lowest BCUT2D eigenvalue weighted by Gasteiger charge is -2.15. The standard InChI is InChI=1S/C11H13BrClNO.ClH/c1-2-3-4-9(14)10-8(13)6-5-7(12)11(10)15;/h2,5-6,9,15H,1,3-4,14H2;1H/t9-;/m1./s1. The first-order chi connectivity index (χ1) is 7.07. The van der Waals surface area contributed by atoms with Gasteiger partial charge < -0.3 is 10.8 Å². The third kappa shape index (κ3) is 3.67. The zero-order chi connectivity index (χ0) is 11.4. The molecule has 5 heteroatoms. The van der Waals surface area contributed by atoms with Crippen molar-refractivity contribution in [3.05, 3.63) is 39.8 Å². The van der Waals surface area contributed by atoms with E-state index in [2.05, 4.69) is 22.5 Å². The number of halogens is 3. The molecule has 2 nitrogen and oxygen atoms in total. The van der Waals surface area contributed by atoms with Crippen LogP contribution in [0, 0.1) is 0 Å². The highest BCUT2D eigenvalue weighted by molar-refractivity contribution is 9.10. The fourth-order valence-corrected chi connectivity index (χ4v) is 1.99. The summed E-state index contributed by atoms with van der Waals surface area (Å²) < 4.78 is 0.607. The highest BCUT2D eigenvalue weighted by atomic mass is 79.9. The maximum absolute atomic E-state index is 9.81. The number of hydrogen-bond acceptors (Lipinski definition) is 2. The third-order valence-electron chi connectivity index (χ3n) is 2.17. The molecule has 0 radical (unpaired) electrons. The van der Waals surface area contributed by atoms with E-state index in [0.29, 0.717) is 21.5 Å². The van der Waals surface area contributed by atoms with Crippen molar-refractivity contribution >= 4 is 39.9 Å². The van der Waals surface area contributed by atoms with Crippen LogP contribution in [0.5, 0.6) is 5.75 Å². The van der Waals surface area contributed by atoms with Crippen LogP contribution in [-0.4, -0.2) is 5.11 Å². The fraction of sp³-hybridized carbons (Fsp3) is 0.273. The van der Waals surface area contributed by atoms with E-state index in [-0.39, 0.29) is 24.2 Å². The van der Waals surface area contributed by atoms with Crippen molar-refractivity contribution in [3.8, 4) is 5.75 Å². The zero-order valence-corrected chi connectivity index (χ0v) is 11.8. The van der Waals surface area contributed by atoms with E-state index >= 15 is 0 Å². The first-order valence-corrected chi connectivity index (χ1v) is 5.78. The van der Waals surface area contributed by atoms with Gasteiger partial charge in [-0.25, -0.2) is 0 Å². The van der Waals surface area contributed by atoms with Crippen molar-refractivity contribution in [2.75, 3.05) is 0 Å². The van der Waals surface area contributed by atoms with Crippen LogP contribution in [0.25, 0.3) is 0 Å². The Hall–Kier alpha value is -0.220. The van der Waals surface area contributed by atoms with Gasteiger partial charge in [0.15, 0.2) is 0 Å². The van der Waals surface area contributed by atoms with Crippen LogP contribution in [0.15, 0.2) is 29.3 Å². The van der Waals surface area contributed by atoms with Crippen LogP contribution in [0.1, 0.15) is 24.4 Å². The van der Waals surface area contributed by atoms with Crippen molar-refractivity contribution in [1.29, 1.82) is 0 Å². The molecule has 3 N–H and O–H groups in total. The Balaban J connectivity index is 0.00000225. The van der Waals surface area contributed by atoms with Crippen molar-refractivity contribution in [3.63, 3.8) is 0 Å². The van der Waals surface area contributed by atoms with Gasteiger partial charge in [0.25, 0.3) is 0 Å². The molecule has 0 fully saturated rings. The molecule has 1 aromatic carbocycles. The van der Waals surface area contributed by atoms with Crippen LogP contribution in [0.4, 0.5) is 0 Å². The van der Waals surface area contributed by atoms with Crippen LogP contribution in [0.3, 0.4) is 0 Å². The van der Waals surface area contributed by atoms with Crippen molar-refractivity contribution in [2.45, 2.75) is 18.9 Å². The van der Waals surface area contributed by atoms with E-state index in [1.54, 1.807) is 18.2 Å². The number of phenolic OH excluding ortho intramolecular Hbond substituents is 1. The second kappa shape index (κ2) is 7.17. The molecular formula is C11H14BrCl2NO. The van der Waals surface area contributed by atoms with E-state index < -0.39 is 0 Å². The van der Waals surface area contributed by atoms with Gasteiger partial charge in [-0.05, 0) is 40.9 Å². The normalized spacial score (nSPS) is 11.7. The van der Waals surface area contributed by atoms with Crippen LogP contribution >= 0.6 is 39.9 Å². The molecule has 0 saturated carbocycles. The summed E-state index contributed by atoms with van der Waals surface area (Å²) in [6.07, 6.45) is 3.31. The fourth-order valence-electron chi connectivity index (χ4n) is 1.35. The average molecular weight is 327 g/mol. The van der Waals surface area contributed by atoms with Gasteiger partial charge in [-0.1, -0.05) is 17.7 Å². The molecule has 0 saturated heterocycles. The molecule has 0 aliphatic rings. The summed E-state index contributed by atoms with van der Waals surface area (Å²) in [7, 11) is 0. The lowest BCUT2D eigenvalue weighted by atomic mass is 10.0. The molecule has 0 aromatic heterocycles. The molecule has 1 rings (SSSR count). The highest BCUT2D eigenvalue weighted by Crippen LogP contribution is 2.37. The monoisotopic (exact) mass is 325 g/mol. The second-order valence-corrected chi connectivity index (χ2v) is 4.53. The summed E-state index contributed by atoms with van der Waals surface area (Å²) in [6.45, 7) is 3.63. The molecule has 0 spiro atoms. The van der Waals surface area contributed by atoms with Gasteiger partial charge in [-0.15, -0.1) is 19.0 Å². The minimum atomic E-state index is -0.270. The number of aromatic hydroxyl groups is 1. The first kappa shape index (κ1) is 15.8. The Morgan fingerprint density at radius 1 is 1.56 bits per heavy atom. The average Bonchev–Trinajstić information content (AvgIpc) is 2.21. The van der Waals surface area contributed by atoms with Crippen LogP contribution < -0.4 is 5.73 Å². The molecule has 0 heterocycles. The quantitative estimate of drug-likeness (QED) is 0.815. The Morgan fingerprint density at radius 2 is 2.19 bits per heavy atom. The number of hydrogen-bond donors (Lipinski definition) is 2. The minimum Gasteiger partial charge on any atom is -0.506 e. The van der Waals surface area contributed by atoms with Crippen LogP contribution in [-0.2, 0) is 0 Å². The number of nitrogens with two attached hydrogens (primary N) is 1. The van der Waals surface area contributed by atoms with E-state index in [9.17, 15) is 5.11 Å². The Kier molecular flexibility index (Phi) is 7.07. The maximum Gasteiger partial charge on any atom is 0.136 e. The Labute approximate surface area is 115 Å². The molecule has 0 unspecified atom stereocenters. The van der Waals surface area contributed by atoms with Crippen molar-refractivity contribution < 1.29 is 5.11 Å². The summed E-state index contributed by atoms with van der Waals surface area (Å²) in [5.41, 5.74) is 6.53. The predicted molar refractivity (Wildman–Crippen MR) is 74.4 cm³/mol. The van der Waals surface area contributed by atoms with Gasteiger partial charge in [0, 0.05) is 16.6 Å². The summed E-state index contributed by atoms with van der Waals surface area (Å²) in [5.74, 6) is 0.124. The number of allylic oxidation sites excluding steroid dienone is 1. The lowest BCUT2D eigenvalue weighted by Crippen LogP contribution is -2.10. The van der Waals surface area contributed by atoms with E-state index in [1.807, 2.05) is 0 Å². The Morgan fingerprint density at radius 3 is 2.75 bits per heavy atom. The lowest BCUT2D eigenvalue weighted by molar-refractivity contribution is 0.455. The molecule has 1 aromatic rings. The van der Waals surface area contributed by atoms with Crippen molar-refractivity contribution in [2.24, 2.45) is 5.73 Å². The van der Waals surface area contributed by atoms with Gasteiger partial charge in [-0.3, -0.25) is 0 Å². The molecule has 90 valence electrons. The van der Waals surface area contributed by atoms with Crippen molar-refractivity contribution in [1.82, 2.24) is 0 Å². The summed E-state index contributed by atoms with van der Waals surface area (Å²) in [5, 5.41) is 10.3. The third-order valence-corrected chi connectivity index (χ3v) is 3.14. The second-order valence-electron chi connectivity index (χ2n) is 3.26. The summed E-state index contributed by atoms with van der Waals surface area (Å²) >= 11 is 9.22. The largest absolute Gasteiger partial charge is 0.506 e. The zero-order valence-electron chi connectivity index (χ0n) is 8.62. The SMILES string of the molecule is C=CCC[C@@H](N)c1c(Cl)ccc(Br)c1O.Cl. The number of benzene rings is 1. The molecule has 0 aliphatic heterocycles. The van der Waals surface area contributed by atoms with Gasteiger partial charge >= 0.3 is 0 Å². The molecule has 0 bridgehead atoms. The number of phenols is 1. The predicted octanol–water partition coefficient (Wildman–Crippen LogP) is 4.20. The summed E-state index contributed by atoms with van der Waals surface area (Å²) in [4.78, 5) is 0. The molecule has 16 heavy (non-hydrogen) atoms. The van der Waals surface area contributed by atoms with Gasteiger partial charge in [-0.2, -0.15) is 0 Å². The Bertz CT molecular complexity index is 371. The molecule has 0 amide bonds. The maximum atomic E-state index is 9.81. The van der Waals surface area contributed by atoms with Crippen LogP contribution in [0.2, 0.25) is 5.02 Å². The molecular weight excluding hydrogens is 313 g/mol. The smallest absolute Gasteiger partial charge is 0.136 e. The van der Waals surface area contributed by atoms with E-state index in [4.69, 9.17) is 17.3 Å². The molecule has 0 aliphatic carbocycles. The van der Waals surface area contributed by atoms with E-state index in [1.165, 1.54) is 0 Å². The topological polar surface area (TPSA) is 46.2 Å². The first-order valence-electron chi connectivity index (χ1n) is 4.61. The number of rotatable bonds is 4. The minimum absolute atomic E-state index is 0. The highest BCUT2D eigenvalue weighted by Gasteiger charge is 2.16. The van der Waals surface area contributed by atoms with E-state index in [0.717, 1.165) is 6.42 Å². The summed E-state index contributed by atoms with van der Waals surface area (Å²) in [6, 6.07) is 3.14. The van der Waals surface area contributed by atoms with Gasteiger partial charge in [0.05, 0.1) is 4.47 Å². The van der Waals surface area contributed by atoms with Gasteiger partial charge in [0.1, 0.15) is 5.75 Å². The van der Waals surface area contributed by atoms with Gasteiger partial charge in [0.2, 0.25) is 0 Å². The molecule has 1 atom stereocenters.